The maximum atomic E-state index is 12.7. The Balaban J connectivity index is 2.16. The van der Waals surface area contributed by atoms with E-state index in [9.17, 15) is 10.2 Å². The van der Waals surface area contributed by atoms with E-state index in [-0.39, 0.29) is 0 Å². The molecule has 0 aliphatic rings. The normalized spacial score (nSPS) is 12.0. The number of hydrogen-bond acceptors (Lipinski definition) is 2. The molecule has 4 aromatic carbocycles. The predicted octanol–water partition coefficient (Wildman–Crippen LogP) is 5.48. The van der Waals surface area contributed by atoms with E-state index in [2.05, 4.69) is 0 Å². The van der Waals surface area contributed by atoms with Crippen molar-refractivity contribution in [1.29, 1.82) is 0 Å². The third kappa shape index (κ3) is 3.06. The van der Waals surface area contributed by atoms with E-state index in [0.717, 1.165) is 11.1 Å². The largest absolute Gasteiger partial charge is 0.377 e. The van der Waals surface area contributed by atoms with Crippen LogP contribution in [0.5, 0.6) is 0 Å². The summed E-state index contributed by atoms with van der Waals surface area (Å²) in [6.45, 7) is 3.93. The Labute approximate surface area is 178 Å². The van der Waals surface area contributed by atoms with E-state index < -0.39 is 11.2 Å². The fourth-order valence-corrected chi connectivity index (χ4v) is 4.44. The van der Waals surface area contributed by atoms with E-state index in [1.807, 2.05) is 123 Å². The minimum atomic E-state index is -1.72. The molecule has 0 heterocycles. The zero-order valence-electron chi connectivity index (χ0n) is 17.3. The summed E-state index contributed by atoms with van der Waals surface area (Å²) in [5.74, 6) is 0. The lowest BCUT2D eigenvalue weighted by Gasteiger charge is -2.46. The molecule has 4 rings (SSSR count). The first-order chi connectivity index (χ1) is 14.5. The van der Waals surface area contributed by atoms with Gasteiger partial charge in [-0.3, -0.25) is 0 Å². The van der Waals surface area contributed by atoms with Crippen LogP contribution in [0.25, 0.3) is 0 Å². The summed E-state index contributed by atoms with van der Waals surface area (Å²) in [5, 5.41) is 25.3. The zero-order chi connectivity index (χ0) is 21.2. The van der Waals surface area contributed by atoms with E-state index >= 15 is 0 Å². The smallest absolute Gasteiger partial charge is 0.152 e. The number of aryl methyl sites for hydroxylation is 2. The van der Waals surface area contributed by atoms with E-state index in [0.29, 0.717) is 22.3 Å². The van der Waals surface area contributed by atoms with Gasteiger partial charge in [-0.15, -0.1) is 0 Å². The Bertz CT molecular complexity index is 1050. The van der Waals surface area contributed by atoms with Gasteiger partial charge in [-0.25, -0.2) is 0 Å². The quantitative estimate of drug-likeness (QED) is 0.471. The van der Waals surface area contributed by atoms with Gasteiger partial charge in [-0.1, -0.05) is 109 Å². The SMILES string of the molecule is Cc1ccccc1C(O)(c1ccccc1C)C(O)(c1ccccc1)c1ccccc1. The summed E-state index contributed by atoms with van der Waals surface area (Å²) in [6, 6.07) is 34.3. The molecule has 0 unspecified atom stereocenters. The summed E-state index contributed by atoms with van der Waals surface area (Å²) in [7, 11) is 0. The second-order valence-corrected chi connectivity index (χ2v) is 7.78. The number of hydrogen-bond donors (Lipinski definition) is 2. The molecule has 0 spiro atoms. The number of aliphatic hydroxyl groups is 2. The van der Waals surface area contributed by atoms with Crippen molar-refractivity contribution in [2.45, 2.75) is 25.0 Å². The molecule has 0 saturated carbocycles. The van der Waals surface area contributed by atoms with Crippen LogP contribution in [-0.2, 0) is 11.2 Å². The number of rotatable bonds is 5. The highest BCUT2D eigenvalue weighted by Gasteiger charge is 2.55. The molecule has 2 heteroatoms. The first-order valence-corrected chi connectivity index (χ1v) is 10.2. The highest BCUT2D eigenvalue weighted by molar-refractivity contribution is 5.53. The van der Waals surface area contributed by atoms with Crippen LogP contribution in [-0.4, -0.2) is 10.2 Å². The molecule has 2 N–H and O–H groups in total. The summed E-state index contributed by atoms with van der Waals surface area (Å²) in [5.41, 5.74) is 1.00. The van der Waals surface area contributed by atoms with Gasteiger partial charge in [0.1, 0.15) is 0 Å². The highest BCUT2D eigenvalue weighted by atomic mass is 16.4. The summed E-state index contributed by atoms with van der Waals surface area (Å²) in [6.07, 6.45) is 0. The monoisotopic (exact) mass is 394 g/mol. The summed E-state index contributed by atoms with van der Waals surface area (Å²) in [4.78, 5) is 0. The Morgan fingerprint density at radius 2 is 0.767 bits per heavy atom. The molecule has 0 fully saturated rings. The van der Waals surface area contributed by atoms with Crippen molar-refractivity contribution in [3.63, 3.8) is 0 Å². The van der Waals surface area contributed by atoms with Gasteiger partial charge in [0, 0.05) is 0 Å². The molecule has 4 aromatic rings. The van der Waals surface area contributed by atoms with Crippen molar-refractivity contribution in [3.05, 3.63) is 143 Å². The average molecular weight is 395 g/mol. The van der Waals surface area contributed by atoms with Crippen LogP contribution < -0.4 is 0 Å². The van der Waals surface area contributed by atoms with E-state index in [1.165, 1.54) is 0 Å². The maximum Gasteiger partial charge on any atom is 0.152 e. The molecule has 2 nitrogen and oxygen atoms in total. The second kappa shape index (κ2) is 7.91. The first kappa shape index (κ1) is 20.1. The molecular weight excluding hydrogens is 368 g/mol. The van der Waals surface area contributed by atoms with Crippen LogP contribution in [0, 0.1) is 13.8 Å². The van der Waals surface area contributed by atoms with Crippen LogP contribution in [0.2, 0.25) is 0 Å². The standard InChI is InChI=1S/C28H26O2/c1-21-13-9-11-19-25(21)28(30,26-20-12-10-14-22(26)2)27(29,23-15-5-3-6-16-23)24-17-7-4-8-18-24/h3-20,29-30H,1-2H3. The molecule has 0 saturated heterocycles. The van der Waals surface area contributed by atoms with Gasteiger partial charge < -0.3 is 10.2 Å². The lowest BCUT2D eigenvalue weighted by atomic mass is 9.65. The van der Waals surface area contributed by atoms with Gasteiger partial charge in [0.2, 0.25) is 0 Å². The van der Waals surface area contributed by atoms with E-state index in [1.54, 1.807) is 0 Å². The van der Waals surface area contributed by atoms with Crippen molar-refractivity contribution in [3.8, 4) is 0 Å². The molecule has 30 heavy (non-hydrogen) atoms. The average Bonchev–Trinajstić information content (AvgIpc) is 2.80. The van der Waals surface area contributed by atoms with Crippen LogP contribution in [0.4, 0.5) is 0 Å². The Kier molecular flexibility index (Phi) is 5.29. The van der Waals surface area contributed by atoms with Crippen LogP contribution in [0.15, 0.2) is 109 Å². The molecule has 0 aliphatic carbocycles. The van der Waals surface area contributed by atoms with Crippen LogP contribution in [0.3, 0.4) is 0 Å². The van der Waals surface area contributed by atoms with Gasteiger partial charge in [0.15, 0.2) is 11.2 Å². The lowest BCUT2D eigenvalue weighted by molar-refractivity contribution is -0.113. The van der Waals surface area contributed by atoms with Gasteiger partial charge in [-0.05, 0) is 47.2 Å². The van der Waals surface area contributed by atoms with Crippen LogP contribution in [0.1, 0.15) is 33.4 Å². The van der Waals surface area contributed by atoms with Gasteiger partial charge >= 0.3 is 0 Å². The zero-order valence-corrected chi connectivity index (χ0v) is 17.3. The first-order valence-electron chi connectivity index (χ1n) is 10.2. The second-order valence-electron chi connectivity index (χ2n) is 7.78. The summed E-state index contributed by atoms with van der Waals surface area (Å²) < 4.78 is 0. The highest BCUT2D eigenvalue weighted by Crippen LogP contribution is 2.51. The van der Waals surface area contributed by atoms with Gasteiger partial charge in [0.05, 0.1) is 0 Å². The molecule has 0 atom stereocenters. The van der Waals surface area contributed by atoms with Gasteiger partial charge in [0.25, 0.3) is 0 Å². The minimum absolute atomic E-state index is 0.630. The minimum Gasteiger partial charge on any atom is -0.377 e. The molecule has 0 amide bonds. The van der Waals surface area contributed by atoms with Crippen molar-refractivity contribution < 1.29 is 10.2 Å². The van der Waals surface area contributed by atoms with Gasteiger partial charge in [-0.2, -0.15) is 0 Å². The Morgan fingerprint density at radius 3 is 1.13 bits per heavy atom. The third-order valence-corrected chi connectivity index (χ3v) is 5.98. The van der Waals surface area contributed by atoms with E-state index in [4.69, 9.17) is 0 Å². The molecule has 150 valence electrons. The summed E-state index contributed by atoms with van der Waals surface area (Å²) >= 11 is 0. The topological polar surface area (TPSA) is 40.5 Å². The molecule has 0 radical (unpaired) electrons. The fraction of sp³-hybridized carbons (Fsp3) is 0.143. The van der Waals surface area contributed by atoms with Crippen molar-refractivity contribution in [2.24, 2.45) is 0 Å². The predicted molar refractivity (Wildman–Crippen MR) is 121 cm³/mol. The maximum absolute atomic E-state index is 12.7. The molecule has 0 bridgehead atoms. The molecule has 0 aromatic heterocycles. The Morgan fingerprint density at radius 1 is 0.433 bits per heavy atom. The number of benzene rings is 4. The molecule has 0 aliphatic heterocycles. The molecular formula is C28H26O2. The van der Waals surface area contributed by atoms with Crippen molar-refractivity contribution in [1.82, 2.24) is 0 Å². The van der Waals surface area contributed by atoms with Crippen LogP contribution >= 0.6 is 0 Å². The Hall–Kier alpha value is -3.20. The lowest BCUT2D eigenvalue weighted by Crippen LogP contribution is -2.52. The van der Waals surface area contributed by atoms with Crippen molar-refractivity contribution in [2.75, 3.05) is 0 Å². The third-order valence-electron chi connectivity index (χ3n) is 5.98. The fourth-order valence-electron chi connectivity index (χ4n) is 4.44. The van der Waals surface area contributed by atoms with Crippen molar-refractivity contribution >= 4 is 0 Å².